The summed E-state index contributed by atoms with van der Waals surface area (Å²) in [5.41, 5.74) is 1.21. The van der Waals surface area contributed by atoms with E-state index in [-0.39, 0.29) is 41.4 Å². The molecule has 26 heavy (non-hydrogen) atoms. The van der Waals surface area contributed by atoms with E-state index in [1.165, 1.54) is 18.2 Å². The van der Waals surface area contributed by atoms with E-state index in [2.05, 4.69) is 15.7 Å². The van der Waals surface area contributed by atoms with Gasteiger partial charge in [0.1, 0.15) is 0 Å². The van der Waals surface area contributed by atoms with Crippen LogP contribution in [0.1, 0.15) is 17.0 Å². The normalized spacial score (nSPS) is 19.8. The van der Waals surface area contributed by atoms with Crippen LogP contribution in [0.15, 0.2) is 36.7 Å². The lowest BCUT2D eigenvalue weighted by Crippen LogP contribution is -2.28. The van der Waals surface area contributed by atoms with Crippen LogP contribution >= 0.6 is 12.4 Å². The lowest BCUT2D eigenvalue weighted by Gasteiger charge is -2.19. The highest BCUT2D eigenvalue weighted by molar-refractivity contribution is 5.94. The highest BCUT2D eigenvalue weighted by Crippen LogP contribution is 2.30. The lowest BCUT2D eigenvalue weighted by molar-refractivity contribution is -0.127. The second kappa shape index (κ2) is 8.09. The molecule has 1 aromatic heterocycles. The van der Waals surface area contributed by atoms with Crippen LogP contribution in [0.25, 0.3) is 0 Å². The van der Waals surface area contributed by atoms with E-state index in [9.17, 15) is 18.0 Å². The molecule has 2 aromatic rings. The van der Waals surface area contributed by atoms with Gasteiger partial charge in [0.25, 0.3) is 0 Å². The standard InChI is InChI=1S/C17H19F3N4O.ClH/c1-24-10-12(7-22-24)13-8-21-9-14(13)16(25)23-15-5-3-2-4-11(15)6-17(18,19)20;/h2-5,7,10,13-14,21H,6,8-9H2,1H3,(H,23,25);1H/t13-,14+;/m1./s1. The molecule has 142 valence electrons. The van der Waals surface area contributed by atoms with Gasteiger partial charge in [-0.1, -0.05) is 18.2 Å². The molecule has 5 nitrogen and oxygen atoms in total. The molecule has 0 aliphatic carbocycles. The second-order valence-corrected chi connectivity index (χ2v) is 6.26. The first kappa shape index (κ1) is 20.3. The number of rotatable bonds is 4. The Labute approximate surface area is 155 Å². The van der Waals surface area contributed by atoms with Gasteiger partial charge >= 0.3 is 6.18 Å². The number of anilines is 1. The van der Waals surface area contributed by atoms with Crippen molar-refractivity contribution in [1.82, 2.24) is 15.1 Å². The van der Waals surface area contributed by atoms with Gasteiger partial charge in [0.2, 0.25) is 5.91 Å². The van der Waals surface area contributed by atoms with E-state index >= 15 is 0 Å². The van der Waals surface area contributed by atoms with Gasteiger partial charge in [-0.25, -0.2) is 0 Å². The first-order valence-corrected chi connectivity index (χ1v) is 7.98. The van der Waals surface area contributed by atoms with Crippen LogP contribution < -0.4 is 10.6 Å². The van der Waals surface area contributed by atoms with Crippen LogP contribution in [0.2, 0.25) is 0 Å². The minimum Gasteiger partial charge on any atom is -0.326 e. The van der Waals surface area contributed by atoms with E-state index in [0.29, 0.717) is 13.1 Å². The fraction of sp³-hybridized carbons (Fsp3) is 0.412. The van der Waals surface area contributed by atoms with Crippen molar-refractivity contribution in [3.63, 3.8) is 0 Å². The molecular weight excluding hydrogens is 369 g/mol. The summed E-state index contributed by atoms with van der Waals surface area (Å²) in [5, 5.41) is 9.97. The fourth-order valence-corrected chi connectivity index (χ4v) is 3.17. The molecule has 2 heterocycles. The monoisotopic (exact) mass is 388 g/mol. The molecule has 0 unspecified atom stereocenters. The Morgan fingerprint density at radius 2 is 2.08 bits per heavy atom. The molecule has 1 fully saturated rings. The largest absolute Gasteiger partial charge is 0.393 e. The average Bonchev–Trinajstić information content (AvgIpc) is 3.16. The third kappa shape index (κ3) is 4.76. The molecular formula is C17H20ClF3N4O. The van der Waals surface area contributed by atoms with E-state index in [1.54, 1.807) is 24.0 Å². The number of carbonyl (C=O) groups excluding carboxylic acids is 1. The molecule has 1 aliphatic heterocycles. The number of nitrogens with zero attached hydrogens (tertiary/aromatic N) is 2. The molecule has 9 heteroatoms. The number of aromatic nitrogens is 2. The molecule has 1 amide bonds. The first-order valence-electron chi connectivity index (χ1n) is 7.98. The summed E-state index contributed by atoms with van der Waals surface area (Å²) in [6, 6.07) is 6.03. The highest BCUT2D eigenvalue weighted by Gasteiger charge is 2.35. The number of halogens is 4. The number of benzene rings is 1. The van der Waals surface area contributed by atoms with Gasteiger partial charge in [-0.15, -0.1) is 12.4 Å². The number of aryl methyl sites for hydroxylation is 1. The summed E-state index contributed by atoms with van der Waals surface area (Å²) < 4.78 is 39.8. The summed E-state index contributed by atoms with van der Waals surface area (Å²) in [6.45, 7) is 1.11. The predicted molar refractivity (Wildman–Crippen MR) is 94.4 cm³/mol. The Morgan fingerprint density at radius 1 is 1.35 bits per heavy atom. The molecule has 1 aromatic carbocycles. The van der Waals surface area contributed by atoms with E-state index in [4.69, 9.17) is 0 Å². The third-order valence-electron chi connectivity index (χ3n) is 4.37. The van der Waals surface area contributed by atoms with Crippen molar-refractivity contribution >= 4 is 24.0 Å². The summed E-state index contributed by atoms with van der Waals surface area (Å²) >= 11 is 0. The van der Waals surface area contributed by atoms with Crippen LogP contribution in [-0.4, -0.2) is 35.0 Å². The zero-order valence-electron chi connectivity index (χ0n) is 14.1. The molecule has 2 N–H and O–H groups in total. The maximum Gasteiger partial charge on any atom is 0.393 e. The van der Waals surface area contributed by atoms with E-state index < -0.39 is 12.6 Å². The number of hydrogen-bond acceptors (Lipinski definition) is 3. The Balaban J connectivity index is 0.00000243. The highest BCUT2D eigenvalue weighted by atomic mass is 35.5. The van der Waals surface area contributed by atoms with E-state index in [0.717, 1.165) is 5.56 Å². The van der Waals surface area contributed by atoms with Crippen molar-refractivity contribution in [2.75, 3.05) is 18.4 Å². The maximum absolute atomic E-state index is 12.7. The number of alkyl halides is 3. The molecule has 0 bridgehead atoms. The Hall–Kier alpha value is -2.06. The quantitative estimate of drug-likeness (QED) is 0.846. The van der Waals surface area contributed by atoms with Gasteiger partial charge < -0.3 is 10.6 Å². The zero-order valence-corrected chi connectivity index (χ0v) is 14.9. The third-order valence-corrected chi connectivity index (χ3v) is 4.37. The number of nitrogens with one attached hydrogen (secondary N) is 2. The van der Waals surface area contributed by atoms with Gasteiger partial charge in [0.05, 0.1) is 18.5 Å². The van der Waals surface area contributed by atoms with Gasteiger partial charge in [-0.2, -0.15) is 18.3 Å². The topological polar surface area (TPSA) is 59.0 Å². The predicted octanol–water partition coefficient (Wildman–Crippen LogP) is 2.89. The molecule has 2 atom stereocenters. The number of carbonyl (C=O) groups is 1. The maximum atomic E-state index is 12.7. The van der Waals surface area contributed by atoms with Crippen molar-refractivity contribution in [1.29, 1.82) is 0 Å². The summed E-state index contributed by atoms with van der Waals surface area (Å²) in [7, 11) is 1.80. The van der Waals surface area contributed by atoms with Crippen molar-refractivity contribution in [3.05, 3.63) is 47.8 Å². The van der Waals surface area contributed by atoms with Crippen LogP contribution in [-0.2, 0) is 18.3 Å². The SMILES string of the molecule is Cl.Cn1cc([C@H]2CNC[C@@H]2C(=O)Nc2ccccc2CC(F)(F)F)cn1. The zero-order chi connectivity index (χ0) is 18.0. The number of para-hydroxylation sites is 1. The summed E-state index contributed by atoms with van der Waals surface area (Å²) in [5.74, 6) is -0.694. The molecule has 0 saturated carbocycles. The van der Waals surface area contributed by atoms with Gasteiger partial charge in [-0.05, 0) is 17.2 Å². The van der Waals surface area contributed by atoms with Gasteiger partial charge in [0.15, 0.2) is 0 Å². The summed E-state index contributed by atoms with van der Waals surface area (Å²) in [4.78, 5) is 12.7. The fourth-order valence-electron chi connectivity index (χ4n) is 3.17. The first-order chi connectivity index (χ1) is 11.8. The molecule has 0 spiro atoms. The Morgan fingerprint density at radius 3 is 2.73 bits per heavy atom. The van der Waals surface area contributed by atoms with Crippen LogP contribution in [0.3, 0.4) is 0 Å². The van der Waals surface area contributed by atoms with Gasteiger partial charge in [-0.3, -0.25) is 9.48 Å². The van der Waals surface area contributed by atoms with E-state index in [1.807, 2.05) is 6.20 Å². The minimum absolute atomic E-state index is 0. The summed E-state index contributed by atoms with van der Waals surface area (Å²) in [6.07, 6.45) is -1.82. The molecule has 0 radical (unpaired) electrons. The smallest absolute Gasteiger partial charge is 0.326 e. The minimum atomic E-state index is -4.33. The van der Waals surface area contributed by atoms with Crippen molar-refractivity contribution in [2.45, 2.75) is 18.5 Å². The van der Waals surface area contributed by atoms with Gasteiger partial charge in [0, 0.05) is 37.9 Å². The van der Waals surface area contributed by atoms with Crippen LogP contribution in [0.5, 0.6) is 0 Å². The van der Waals surface area contributed by atoms with Crippen LogP contribution in [0.4, 0.5) is 18.9 Å². The van der Waals surface area contributed by atoms with Crippen molar-refractivity contribution in [3.8, 4) is 0 Å². The molecule has 1 aliphatic rings. The molecule has 3 rings (SSSR count). The Bertz CT molecular complexity index is 762. The average molecular weight is 389 g/mol. The van der Waals surface area contributed by atoms with Crippen molar-refractivity contribution < 1.29 is 18.0 Å². The number of hydrogen-bond donors (Lipinski definition) is 2. The molecule has 1 saturated heterocycles. The van der Waals surface area contributed by atoms with Crippen LogP contribution in [0, 0.1) is 5.92 Å². The second-order valence-electron chi connectivity index (χ2n) is 6.26. The number of amides is 1. The Kier molecular flexibility index (Phi) is 6.30. The van der Waals surface area contributed by atoms with Crippen molar-refractivity contribution in [2.24, 2.45) is 13.0 Å². The lowest BCUT2D eigenvalue weighted by atomic mass is 9.90.